The predicted molar refractivity (Wildman–Crippen MR) is 60.7 cm³/mol. The summed E-state index contributed by atoms with van der Waals surface area (Å²) in [6.07, 6.45) is 5.07. The molecule has 1 aliphatic heterocycles. The van der Waals surface area contributed by atoms with Crippen molar-refractivity contribution < 1.29 is 0 Å². The Balaban J connectivity index is 2.26. The fourth-order valence-corrected chi connectivity index (χ4v) is 3.34. The molecule has 0 amide bonds. The second kappa shape index (κ2) is 3.99. The molecule has 1 aliphatic rings. The number of rotatable bonds is 3. The fraction of sp³-hybridized carbons (Fsp3) is 0.727. The number of nitrogens with one attached hydrogen (secondary N) is 1. The van der Waals surface area contributed by atoms with Crippen LogP contribution in [-0.2, 0) is 5.54 Å². The Morgan fingerprint density at radius 2 is 2.50 bits per heavy atom. The number of nitrogens with zero attached hydrogens (tertiary/aromatic N) is 1. The van der Waals surface area contributed by atoms with Crippen molar-refractivity contribution in [2.75, 3.05) is 6.54 Å². The smallest absolute Gasteiger partial charge is 0.0545 e. The van der Waals surface area contributed by atoms with Crippen LogP contribution in [0.1, 0.15) is 43.2 Å². The van der Waals surface area contributed by atoms with Gasteiger partial charge < -0.3 is 5.32 Å². The molecule has 1 unspecified atom stereocenters. The summed E-state index contributed by atoms with van der Waals surface area (Å²) in [5.74, 6) is 0. The van der Waals surface area contributed by atoms with Crippen LogP contribution >= 0.6 is 11.5 Å². The van der Waals surface area contributed by atoms with Crippen molar-refractivity contribution in [1.82, 2.24) is 9.69 Å². The van der Waals surface area contributed by atoms with Crippen molar-refractivity contribution >= 4 is 11.5 Å². The van der Waals surface area contributed by atoms with Crippen LogP contribution in [0.2, 0.25) is 0 Å². The Hall–Kier alpha value is -0.410. The van der Waals surface area contributed by atoms with E-state index in [1.807, 2.05) is 0 Å². The lowest BCUT2D eigenvalue weighted by molar-refractivity contribution is 0.363. The minimum absolute atomic E-state index is 0.265. The first-order chi connectivity index (χ1) is 6.77. The van der Waals surface area contributed by atoms with Gasteiger partial charge in [-0.15, -0.1) is 0 Å². The topological polar surface area (TPSA) is 24.9 Å². The van der Waals surface area contributed by atoms with Gasteiger partial charge in [-0.25, -0.2) is 0 Å². The van der Waals surface area contributed by atoms with Crippen molar-refractivity contribution in [3.63, 3.8) is 0 Å². The Morgan fingerprint density at radius 3 is 3.00 bits per heavy atom. The van der Waals surface area contributed by atoms with E-state index in [1.54, 1.807) is 11.5 Å². The third kappa shape index (κ3) is 1.71. The normalized spacial score (nSPS) is 27.0. The minimum atomic E-state index is 0.265. The summed E-state index contributed by atoms with van der Waals surface area (Å²) < 4.78 is 4.39. The second-order valence-electron chi connectivity index (χ2n) is 4.19. The van der Waals surface area contributed by atoms with E-state index < -0.39 is 0 Å². The highest BCUT2D eigenvalue weighted by atomic mass is 32.1. The second-order valence-corrected chi connectivity index (χ2v) is 5.00. The van der Waals surface area contributed by atoms with Gasteiger partial charge in [-0.3, -0.25) is 0 Å². The molecule has 1 N–H and O–H groups in total. The molecule has 1 saturated heterocycles. The predicted octanol–water partition coefficient (Wildman–Crippen LogP) is 2.83. The highest BCUT2D eigenvalue weighted by Gasteiger charge is 2.35. The molecule has 2 heterocycles. The molecule has 1 aromatic heterocycles. The first-order valence-corrected chi connectivity index (χ1v) is 6.23. The molecule has 0 saturated carbocycles. The maximum Gasteiger partial charge on any atom is 0.0545 e. The fourth-order valence-electron chi connectivity index (χ4n) is 2.37. The van der Waals surface area contributed by atoms with Crippen molar-refractivity contribution in [1.29, 1.82) is 0 Å². The number of hydrogen-bond acceptors (Lipinski definition) is 3. The molecule has 1 aromatic rings. The van der Waals surface area contributed by atoms with Crippen molar-refractivity contribution in [3.05, 3.63) is 16.6 Å². The standard InChI is InChI=1S/C11H18N2S/c1-3-5-11(6-4-7-12-11)10-8-9(2)13-14-10/h8,12H,3-7H2,1-2H3. The first-order valence-electron chi connectivity index (χ1n) is 5.46. The third-order valence-corrected chi connectivity index (χ3v) is 4.10. The van der Waals surface area contributed by atoms with E-state index in [2.05, 4.69) is 29.6 Å². The van der Waals surface area contributed by atoms with E-state index in [0.717, 1.165) is 12.2 Å². The van der Waals surface area contributed by atoms with Crippen molar-refractivity contribution in [2.45, 2.75) is 45.1 Å². The lowest BCUT2D eigenvalue weighted by Crippen LogP contribution is -2.35. The first kappa shape index (κ1) is 10.1. The van der Waals surface area contributed by atoms with E-state index in [4.69, 9.17) is 0 Å². The molecular weight excluding hydrogens is 192 g/mol. The maximum absolute atomic E-state index is 4.39. The van der Waals surface area contributed by atoms with Gasteiger partial charge in [0.15, 0.2) is 0 Å². The van der Waals surface area contributed by atoms with Gasteiger partial charge in [0, 0.05) is 4.88 Å². The van der Waals surface area contributed by atoms with Crippen LogP contribution in [0, 0.1) is 6.92 Å². The molecule has 14 heavy (non-hydrogen) atoms. The van der Waals surface area contributed by atoms with E-state index in [0.29, 0.717) is 0 Å². The van der Waals surface area contributed by atoms with Crippen molar-refractivity contribution in [3.8, 4) is 0 Å². The largest absolute Gasteiger partial charge is 0.307 e. The zero-order valence-electron chi connectivity index (χ0n) is 8.97. The van der Waals surface area contributed by atoms with E-state index in [9.17, 15) is 0 Å². The summed E-state index contributed by atoms with van der Waals surface area (Å²) in [5, 5.41) is 3.67. The van der Waals surface area contributed by atoms with Crippen LogP contribution in [0.25, 0.3) is 0 Å². The Bertz CT molecular complexity index is 300. The van der Waals surface area contributed by atoms with Crippen molar-refractivity contribution in [2.24, 2.45) is 0 Å². The Morgan fingerprint density at radius 1 is 1.64 bits per heavy atom. The number of aryl methyl sites for hydroxylation is 1. The molecular formula is C11H18N2S. The molecule has 0 bridgehead atoms. The summed E-state index contributed by atoms with van der Waals surface area (Å²) in [6.45, 7) is 5.50. The Labute approximate surface area is 89.9 Å². The molecule has 1 fully saturated rings. The van der Waals surface area contributed by atoms with Crippen LogP contribution in [0.15, 0.2) is 6.07 Å². The van der Waals surface area contributed by atoms with Crippen LogP contribution in [0.3, 0.4) is 0 Å². The van der Waals surface area contributed by atoms with Crippen LogP contribution < -0.4 is 5.32 Å². The van der Waals surface area contributed by atoms with Gasteiger partial charge in [-0.05, 0) is 50.3 Å². The van der Waals surface area contributed by atoms with Gasteiger partial charge in [0.25, 0.3) is 0 Å². The van der Waals surface area contributed by atoms with Gasteiger partial charge in [0.05, 0.1) is 11.2 Å². The third-order valence-electron chi connectivity index (χ3n) is 3.02. The molecule has 0 aliphatic carbocycles. The quantitative estimate of drug-likeness (QED) is 0.830. The molecule has 0 aromatic carbocycles. The highest BCUT2D eigenvalue weighted by Crippen LogP contribution is 2.37. The summed E-state index contributed by atoms with van der Waals surface area (Å²) in [6, 6.07) is 2.25. The van der Waals surface area contributed by atoms with Crippen LogP contribution in [0.5, 0.6) is 0 Å². The summed E-state index contributed by atoms with van der Waals surface area (Å²) in [7, 11) is 0. The van der Waals surface area contributed by atoms with Gasteiger partial charge in [-0.2, -0.15) is 4.37 Å². The zero-order valence-corrected chi connectivity index (χ0v) is 9.78. The molecule has 3 heteroatoms. The highest BCUT2D eigenvalue weighted by molar-refractivity contribution is 7.06. The SMILES string of the molecule is CCCC1(c2cc(C)ns2)CCCN1. The lowest BCUT2D eigenvalue weighted by atomic mass is 9.90. The van der Waals surface area contributed by atoms with E-state index in [1.165, 1.54) is 30.6 Å². The summed E-state index contributed by atoms with van der Waals surface area (Å²) >= 11 is 1.67. The van der Waals surface area contributed by atoms with Crippen LogP contribution in [-0.4, -0.2) is 10.9 Å². The monoisotopic (exact) mass is 210 g/mol. The summed E-state index contributed by atoms with van der Waals surface area (Å²) in [5.41, 5.74) is 1.43. The minimum Gasteiger partial charge on any atom is -0.307 e. The van der Waals surface area contributed by atoms with E-state index >= 15 is 0 Å². The molecule has 2 nitrogen and oxygen atoms in total. The van der Waals surface area contributed by atoms with E-state index in [-0.39, 0.29) is 5.54 Å². The Kier molecular flexibility index (Phi) is 2.88. The van der Waals surface area contributed by atoms with Gasteiger partial charge in [0.1, 0.15) is 0 Å². The van der Waals surface area contributed by atoms with Gasteiger partial charge in [0.2, 0.25) is 0 Å². The molecule has 1 atom stereocenters. The maximum atomic E-state index is 4.39. The average Bonchev–Trinajstić information content (AvgIpc) is 2.75. The number of aromatic nitrogens is 1. The molecule has 0 radical (unpaired) electrons. The van der Waals surface area contributed by atoms with Gasteiger partial charge in [-0.1, -0.05) is 13.3 Å². The van der Waals surface area contributed by atoms with Crippen LogP contribution in [0.4, 0.5) is 0 Å². The zero-order chi connectivity index (χ0) is 10.0. The van der Waals surface area contributed by atoms with Gasteiger partial charge >= 0.3 is 0 Å². The molecule has 78 valence electrons. The summed E-state index contributed by atoms with van der Waals surface area (Å²) in [4.78, 5) is 1.44. The lowest BCUT2D eigenvalue weighted by Gasteiger charge is -2.27. The molecule has 2 rings (SSSR count). The number of hydrogen-bond donors (Lipinski definition) is 1. The average molecular weight is 210 g/mol. The molecule has 0 spiro atoms.